The van der Waals surface area contributed by atoms with Gasteiger partial charge in [-0.05, 0) is 54.8 Å². The van der Waals surface area contributed by atoms with Gasteiger partial charge in [0.15, 0.2) is 0 Å². The average molecular weight is 475 g/mol. The van der Waals surface area contributed by atoms with Crippen molar-refractivity contribution in [3.8, 4) is 11.4 Å². The summed E-state index contributed by atoms with van der Waals surface area (Å²) >= 11 is 0. The molecule has 0 unspecified atom stereocenters. The molecule has 9 heteroatoms. The number of carbonyl (C=O) groups excluding carboxylic acids is 1. The maximum absolute atomic E-state index is 13.5. The number of aryl methyl sites for hydroxylation is 2. The number of carbonyl (C=O) groups is 1. The highest BCUT2D eigenvalue weighted by molar-refractivity contribution is 7.92. The Morgan fingerprint density at radius 3 is 2.65 bits per heavy atom. The first-order valence-electron chi connectivity index (χ1n) is 10.9. The van der Waals surface area contributed by atoms with E-state index in [1.54, 1.807) is 43.3 Å². The minimum Gasteiger partial charge on any atom is -0.339 e. The molecule has 34 heavy (non-hydrogen) atoms. The number of amides is 1. The number of anilines is 2. The van der Waals surface area contributed by atoms with Gasteiger partial charge in [-0.25, -0.2) is 8.42 Å². The number of hydrogen-bond acceptors (Lipinski definition) is 6. The van der Waals surface area contributed by atoms with Crippen molar-refractivity contribution in [2.75, 3.05) is 16.2 Å². The summed E-state index contributed by atoms with van der Waals surface area (Å²) in [5.41, 5.74) is 3.01. The molecule has 1 amide bonds. The van der Waals surface area contributed by atoms with E-state index in [2.05, 4.69) is 15.5 Å². The first kappa shape index (κ1) is 21.8. The van der Waals surface area contributed by atoms with Crippen LogP contribution in [-0.4, -0.2) is 31.0 Å². The van der Waals surface area contributed by atoms with Crippen molar-refractivity contribution in [2.45, 2.75) is 24.7 Å². The van der Waals surface area contributed by atoms with Gasteiger partial charge in [0.2, 0.25) is 11.7 Å². The lowest BCUT2D eigenvalue weighted by atomic mass is 10.0. The molecule has 0 fully saturated rings. The Hall–Kier alpha value is -3.98. The minimum atomic E-state index is -3.83. The smallest absolute Gasteiger partial charge is 0.264 e. The van der Waals surface area contributed by atoms with Crippen LogP contribution in [0.15, 0.2) is 82.2 Å². The molecule has 0 saturated heterocycles. The summed E-state index contributed by atoms with van der Waals surface area (Å²) in [6, 6.07) is 20.7. The van der Waals surface area contributed by atoms with Crippen molar-refractivity contribution < 1.29 is 17.7 Å². The van der Waals surface area contributed by atoms with Crippen LogP contribution < -0.4 is 9.62 Å². The van der Waals surface area contributed by atoms with Crippen LogP contribution in [0.3, 0.4) is 0 Å². The third-order valence-corrected chi connectivity index (χ3v) is 7.50. The van der Waals surface area contributed by atoms with Crippen LogP contribution in [-0.2, 0) is 16.4 Å². The normalized spacial score (nSPS) is 13.4. The molecule has 172 valence electrons. The van der Waals surface area contributed by atoms with Gasteiger partial charge < -0.3 is 9.84 Å². The van der Waals surface area contributed by atoms with Crippen molar-refractivity contribution >= 4 is 27.3 Å². The topological polar surface area (TPSA) is 105 Å². The molecule has 4 aromatic rings. The predicted molar refractivity (Wildman–Crippen MR) is 128 cm³/mol. The highest BCUT2D eigenvalue weighted by Gasteiger charge is 2.29. The molecule has 0 aliphatic carbocycles. The van der Waals surface area contributed by atoms with Gasteiger partial charge in [-0.2, -0.15) is 4.98 Å². The van der Waals surface area contributed by atoms with Gasteiger partial charge in [0, 0.05) is 24.6 Å². The molecule has 0 spiro atoms. The predicted octanol–water partition coefficient (Wildman–Crippen LogP) is 4.44. The molecular formula is C25H22N4O4S. The molecule has 1 N–H and O–H groups in total. The van der Waals surface area contributed by atoms with Gasteiger partial charge in [-0.15, -0.1) is 0 Å². The number of rotatable bonds is 5. The number of hydrogen-bond donors (Lipinski definition) is 1. The second kappa shape index (κ2) is 8.75. The summed E-state index contributed by atoms with van der Waals surface area (Å²) in [6.07, 6.45) is 1.58. The van der Waals surface area contributed by atoms with Gasteiger partial charge in [0.1, 0.15) is 0 Å². The number of benzene rings is 3. The molecule has 0 atom stereocenters. The highest BCUT2D eigenvalue weighted by atomic mass is 32.2. The number of para-hydroxylation sites is 2. The number of sulfonamides is 1. The van der Waals surface area contributed by atoms with Gasteiger partial charge in [0.05, 0.1) is 16.3 Å². The average Bonchev–Trinajstić information content (AvgIpc) is 3.30. The van der Waals surface area contributed by atoms with Crippen LogP contribution in [0.5, 0.6) is 0 Å². The standard InChI is InChI=1S/C25H22N4O4S/c1-17-26-24(28-33-17)21-12-3-4-13-22(21)27-25(30)19-9-6-11-20(16-19)34(31,32)29-15-7-10-18-8-2-5-14-23(18)29/h2-6,8-9,11-14,16H,7,10,15H2,1H3,(H,27,30). The molecule has 2 heterocycles. The zero-order chi connectivity index (χ0) is 23.7. The van der Waals surface area contributed by atoms with Gasteiger partial charge >= 0.3 is 0 Å². The highest BCUT2D eigenvalue weighted by Crippen LogP contribution is 2.32. The Morgan fingerprint density at radius 1 is 1.03 bits per heavy atom. The van der Waals surface area contributed by atoms with Crippen molar-refractivity contribution in [2.24, 2.45) is 0 Å². The van der Waals surface area contributed by atoms with E-state index >= 15 is 0 Å². The van der Waals surface area contributed by atoms with Gasteiger partial charge in [-0.1, -0.05) is 41.6 Å². The number of fused-ring (bicyclic) bond motifs is 1. The summed E-state index contributed by atoms with van der Waals surface area (Å²) < 4.78 is 33.5. The molecule has 0 bridgehead atoms. The maximum Gasteiger partial charge on any atom is 0.264 e. The fraction of sp³-hybridized carbons (Fsp3) is 0.160. The summed E-state index contributed by atoms with van der Waals surface area (Å²) in [7, 11) is -3.83. The third kappa shape index (κ3) is 4.06. The molecule has 5 rings (SSSR count). The van der Waals surface area contributed by atoms with E-state index in [0.717, 1.165) is 18.4 Å². The van der Waals surface area contributed by atoms with Crippen LogP contribution in [0.1, 0.15) is 28.2 Å². The molecule has 8 nitrogen and oxygen atoms in total. The monoisotopic (exact) mass is 474 g/mol. The summed E-state index contributed by atoms with van der Waals surface area (Å²) in [4.78, 5) is 17.4. The molecule has 0 radical (unpaired) electrons. The van der Waals surface area contributed by atoms with Crippen LogP contribution >= 0.6 is 0 Å². The first-order valence-corrected chi connectivity index (χ1v) is 12.3. The maximum atomic E-state index is 13.5. The van der Waals surface area contributed by atoms with E-state index in [1.807, 2.05) is 24.3 Å². The lowest BCUT2D eigenvalue weighted by Gasteiger charge is -2.30. The van der Waals surface area contributed by atoms with Crippen LogP contribution in [0, 0.1) is 6.92 Å². The zero-order valence-corrected chi connectivity index (χ0v) is 19.2. The molecule has 1 aliphatic rings. The Morgan fingerprint density at radius 2 is 1.82 bits per heavy atom. The fourth-order valence-corrected chi connectivity index (χ4v) is 5.65. The van der Waals surface area contributed by atoms with E-state index in [-0.39, 0.29) is 10.5 Å². The van der Waals surface area contributed by atoms with Gasteiger partial charge in [-0.3, -0.25) is 9.10 Å². The number of aromatic nitrogens is 2. The van der Waals surface area contributed by atoms with Crippen molar-refractivity contribution in [1.29, 1.82) is 0 Å². The van der Waals surface area contributed by atoms with Crippen LogP contribution in [0.2, 0.25) is 0 Å². The van der Waals surface area contributed by atoms with E-state index in [1.165, 1.54) is 16.4 Å². The molecule has 0 saturated carbocycles. The Labute approximate surface area is 197 Å². The lowest BCUT2D eigenvalue weighted by molar-refractivity contribution is 0.102. The second-order valence-corrected chi connectivity index (χ2v) is 9.84. The zero-order valence-electron chi connectivity index (χ0n) is 18.4. The van der Waals surface area contributed by atoms with Crippen LogP contribution in [0.4, 0.5) is 11.4 Å². The Balaban J connectivity index is 1.44. The molecular weight excluding hydrogens is 452 g/mol. The molecule has 3 aromatic carbocycles. The Kier molecular flexibility index (Phi) is 5.62. The van der Waals surface area contributed by atoms with Gasteiger partial charge in [0.25, 0.3) is 15.9 Å². The number of nitrogens with one attached hydrogen (secondary N) is 1. The third-order valence-electron chi connectivity index (χ3n) is 5.70. The van der Waals surface area contributed by atoms with E-state index in [4.69, 9.17) is 4.52 Å². The van der Waals surface area contributed by atoms with Crippen molar-refractivity contribution in [3.05, 3.63) is 89.8 Å². The summed E-state index contributed by atoms with van der Waals surface area (Å²) in [5.74, 6) is 0.325. The van der Waals surface area contributed by atoms with Crippen molar-refractivity contribution in [1.82, 2.24) is 10.1 Å². The lowest BCUT2D eigenvalue weighted by Crippen LogP contribution is -2.35. The number of nitrogens with zero attached hydrogens (tertiary/aromatic N) is 3. The Bertz CT molecular complexity index is 1480. The summed E-state index contributed by atoms with van der Waals surface area (Å²) in [5, 5.41) is 6.76. The van der Waals surface area contributed by atoms with E-state index < -0.39 is 15.9 Å². The first-order chi connectivity index (χ1) is 16.4. The van der Waals surface area contributed by atoms with Crippen molar-refractivity contribution in [3.63, 3.8) is 0 Å². The molecule has 1 aromatic heterocycles. The van der Waals surface area contributed by atoms with Crippen LogP contribution in [0.25, 0.3) is 11.4 Å². The SMILES string of the molecule is Cc1nc(-c2ccccc2NC(=O)c2cccc(S(=O)(=O)N3CCCc4ccccc43)c2)no1. The minimum absolute atomic E-state index is 0.0685. The summed E-state index contributed by atoms with van der Waals surface area (Å²) in [6.45, 7) is 2.08. The molecule has 1 aliphatic heterocycles. The quantitative estimate of drug-likeness (QED) is 0.458. The van der Waals surface area contributed by atoms with E-state index in [0.29, 0.717) is 35.2 Å². The van der Waals surface area contributed by atoms with E-state index in [9.17, 15) is 13.2 Å². The second-order valence-electron chi connectivity index (χ2n) is 7.97. The largest absolute Gasteiger partial charge is 0.339 e. The fourth-order valence-electron chi connectivity index (χ4n) is 4.06.